The van der Waals surface area contributed by atoms with Gasteiger partial charge in [0.25, 0.3) is 0 Å². The number of ketones is 3. The van der Waals surface area contributed by atoms with Gasteiger partial charge in [-0.2, -0.15) is 19.6 Å². The fourth-order valence-corrected chi connectivity index (χ4v) is 4.57. The average Bonchev–Trinajstić information content (AvgIpc) is 3.65. The van der Waals surface area contributed by atoms with E-state index in [4.69, 9.17) is 21.2 Å². The minimum atomic E-state index is -2.49. The zero-order valence-corrected chi connectivity index (χ0v) is 16.9. The molecule has 2 aliphatic heterocycles. The van der Waals surface area contributed by atoms with Crippen LogP contribution in [-0.4, -0.2) is 51.1 Å². The lowest BCUT2D eigenvalue weighted by atomic mass is 9.61. The SMILES string of the molecule is CCCC(N)(C(=O)C1(C2(N)C(=O)c3ccccc3C(=O)C2CC)OO1)C1(C(=O)O)OO1. The zero-order chi connectivity index (χ0) is 22.8. The lowest BCUT2D eigenvalue weighted by Crippen LogP contribution is -2.76. The molecule has 3 unspecified atom stereocenters. The second kappa shape index (κ2) is 6.73. The van der Waals surface area contributed by atoms with E-state index in [9.17, 15) is 24.3 Å². The number of hydrogen-bond donors (Lipinski definition) is 3. The van der Waals surface area contributed by atoms with Crippen LogP contribution in [-0.2, 0) is 29.1 Å². The Morgan fingerprint density at radius 1 is 1.10 bits per heavy atom. The molecule has 1 aromatic rings. The van der Waals surface area contributed by atoms with E-state index in [2.05, 4.69) is 9.78 Å². The van der Waals surface area contributed by atoms with Crippen molar-refractivity contribution in [2.24, 2.45) is 17.4 Å². The van der Waals surface area contributed by atoms with Crippen molar-refractivity contribution in [3.05, 3.63) is 35.4 Å². The van der Waals surface area contributed by atoms with Crippen LogP contribution in [0.2, 0.25) is 0 Å². The van der Waals surface area contributed by atoms with E-state index in [1.807, 2.05) is 0 Å². The number of aliphatic carboxylic acids is 1. The first kappa shape index (κ1) is 21.7. The molecule has 2 saturated heterocycles. The van der Waals surface area contributed by atoms with Crippen LogP contribution in [0.5, 0.6) is 0 Å². The predicted octanol–water partition coefficient (Wildman–Crippen LogP) is 0.257. The van der Waals surface area contributed by atoms with Gasteiger partial charge in [0, 0.05) is 11.1 Å². The average molecular weight is 434 g/mol. The number of nitrogens with two attached hydrogens (primary N) is 2. The Balaban J connectivity index is 1.86. The van der Waals surface area contributed by atoms with Crippen molar-refractivity contribution in [1.29, 1.82) is 0 Å². The molecule has 1 aromatic carbocycles. The Morgan fingerprint density at radius 3 is 2.13 bits per heavy atom. The molecule has 1 aliphatic carbocycles. The summed E-state index contributed by atoms with van der Waals surface area (Å²) >= 11 is 0. The molecule has 0 spiro atoms. The van der Waals surface area contributed by atoms with Crippen molar-refractivity contribution >= 4 is 23.3 Å². The first-order valence-corrected chi connectivity index (χ1v) is 9.85. The number of carbonyl (C=O) groups is 4. The molecule has 2 heterocycles. The van der Waals surface area contributed by atoms with E-state index in [1.54, 1.807) is 26.0 Å². The second-order valence-corrected chi connectivity index (χ2v) is 7.99. The lowest BCUT2D eigenvalue weighted by molar-refractivity contribution is -0.154. The van der Waals surface area contributed by atoms with Crippen molar-refractivity contribution in [2.45, 2.75) is 55.8 Å². The lowest BCUT2D eigenvalue weighted by Gasteiger charge is -2.42. The number of benzene rings is 1. The number of carboxylic acids is 1. The van der Waals surface area contributed by atoms with Gasteiger partial charge in [-0.1, -0.05) is 44.5 Å². The summed E-state index contributed by atoms with van der Waals surface area (Å²) in [5, 5.41) is 9.58. The Morgan fingerprint density at radius 2 is 1.68 bits per heavy atom. The number of carbonyl (C=O) groups excluding carboxylic acids is 3. The summed E-state index contributed by atoms with van der Waals surface area (Å²) in [6.07, 6.45) is 0.127. The number of rotatable bonds is 8. The molecule has 0 amide bonds. The topological polar surface area (TPSA) is 191 Å². The van der Waals surface area contributed by atoms with Gasteiger partial charge >= 0.3 is 17.5 Å². The van der Waals surface area contributed by atoms with E-state index < -0.39 is 51.9 Å². The van der Waals surface area contributed by atoms with Gasteiger partial charge in [-0.15, -0.1) is 0 Å². The van der Waals surface area contributed by atoms with Gasteiger partial charge in [-0.3, -0.25) is 14.4 Å². The third kappa shape index (κ3) is 2.50. The molecule has 11 heteroatoms. The minimum absolute atomic E-state index is 0.0101. The highest BCUT2D eigenvalue weighted by Crippen LogP contribution is 2.54. The van der Waals surface area contributed by atoms with Gasteiger partial charge in [-0.25, -0.2) is 4.79 Å². The summed E-state index contributed by atoms with van der Waals surface area (Å²) in [5.74, 6) is -10.1. The molecule has 0 bridgehead atoms. The first-order chi connectivity index (χ1) is 14.6. The van der Waals surface area contributed by atoms with E-state index >= 15 is 0 Å². The van der Waals surface area contributed by atoms with Gasteiger partial charge in [0.2, 0.25) is 5.78 Å². The Hall–Kier alpha value is -2.54. The third-order valence-corrected chi connectivity index (χ3v) is 6.35. The molecule has 166 valence electrons. The number of Topliss-reactive ketones (excluding diaryl/α,β-unsaturated/α-hetero) is 3. The molecule has 3 aliphatic rings. The Labute approximate surface area is 176 Å². The van der Waals surface area contributed by atoms with Crippen LogP contribution in [0, 0.1) is 5.92 Å². The summed E-state index contributed by atoms with van der Waals surface area (Å²) in [6, 6.07) is 6.07. The van der Waals surface area contributed by atoms with E-state index in [1.165, 1.54) is 12.1 Å². The van der Waals surface area contributed by atoms with Crippen molar-refractivity contribution < 1.29 is 43.8 Å². The maximum atomic E-state index is 13.7. The highest BCUT2D eigenvalue weighted by molar-refractivity contribution is 6.22. The summed E-state index contributed by atoms with van der Waals surface area (Å²) in [7, 11) is 0. The predicted molar refractivity (Wildman–Crippen MR) is 100 cm³/mol. The molecule has 3 atom stereocenters. The van der Waals surface area contributed by atoms with Crippen molar-refractivity contribution in [3.8, 4) is 0 Å². The van der Waals surface area contributed by atoms with Crippen LogP contribution in [0.3, 0.4) is 0 Å². The van der Waals surface area contributed by atoms with Crippen LogP contribution >= 0.6 is 0 Å². The highest BCUT2D eigenvalue weighted by atomic mass is 17.4. The second-order valence-electron chi connectivity index (χ2n) is 7.99. The molecule has 0 aromatic heterocycles. The van der Waals surface area contributed by atoms with Crippen LogP contribution in [0.25, 0.3) is 0 Å². The minimum Gasteiger partial charge on any atom is -0.477 e. The maximum absolute atomic E-state index is 13.7. The maximum Gasteiger partial charge on any atom is 0.372 e. The monoisotopic (exact) mass is 434 g/mol. The Bertz CT molecular complexity index is 1000. The Kier molecular flexibility index (Phi) is 4.71. The molecule has 0 saturated carbocycles. The molecule has 5 N–H and O–H groups in total. The van der Waals surface area contributed by atoms with E-state index in [0.717, 1.165) is 0 Å². The summed E-state index contributed by atoms with van der Waals surface area (Å²) in [4.78, 5) is 71.6. The molecule has 31 heavy (non-hydrogen) atoms. The number of hydrogen-bond acceptors (Lipinski definition) is 10. The summed E-state index contributed by atoms with van der Waals surface area (Å²) in [6.45, 7) is 3.28. The van der Waals surface area contributed by atoms with Gasteiger partial charge in [0.15, 0.2) is 22.6 Å². The molecule has 4 rings (SSSR count). The van der Waals surface area contributed by atoms with Gasteiger partial charge in [0.05, 0.1) is 5.92 Å². The van der Waals surface area contributed by atoms with Gasteiger partial charge in [-0.05, 0) is 12.8 Å². The van der Waals surface area contributed by atoms with Crippen LogP contribution in [0.4, 0.5) is 0 Å². The molecule has 2 fully saturated rings. The fraction of sp³-hybridized carbons (Fsp3) is 0.500. The van der Waals surface area contributed by atoms with Crippen LogP contribution in [0.1, 0.15) is 53.8 Å². The van der Waals surface area contributed by atoms with Gasteiger partial charge < -0.3 is 16.6 Å². The van der Waals surface area contributed by atoms with Crippen LogP contribution in [0.15, 0.2) is 24.3 Å². The third-order valence-electron chi connectivity index (χ3n) is 6.35. The summed E-state index contributed by atoms with van der Waals surface area (Å²) in [5.41, 5.74) is 8.36. The highest BCUT2D eigenvalue weighted by Gasteiger charge is 2.84. The molecule has 11 nitrogen and oxygen atoms in total. The smallest absolute Gasteiger partial charge is 0.372 e. The summed E-state index contributed by atoms with van der Waals surface area (Å²) < 4.78 is 0. The standard InChI is InChI=1S/C20H22N2O9/c1-3-9-17(21,20(16(26)27)30-31-20)15(25)19(28-29-19)18(22)12(4-2)13(23)10-7-5-6-8-11(10)14(18)24/h5-8,12H,3-4,9,21-22H2,1-2H3,(H,26,27). The normalized spacial score (nSPS) is 29.6. The molecular formula is C20H22N2O9. The first-order valence-electron chi connectivity index (χ1n) is 9.85. The number of carboxylic acid groups (broad SMARTS) is 1. The molecular weight excluding hydrogens is 412 g/mol. The van der Waals surface area contributed by atoms with Crippen LogP contribution < -0.4 is 11.5 Å². The van der Waals surface area contributed by atoms with Crippen molar-refractivity contribution in [3.63, 3.8) is 0 Å². The van der Waals surface area contributed by atoms with Crippen molar-refractivity contribution in [1.82, 2.24) is 0 Å². The van der Waals surface area contributed by atoms with Gasteiger partial charge in [0.1, 0.15) is 0 Å². The quantitative estimate of drug-likeness (QED) is 0.375. The number of fused-ring (bicyclic) bond motifs is 1. The van der Waals surface area contributed by atoms with E-state index in [-0.39, 0.29) is 30.4 Å². The van der Waals surface area contributed by atoms with E-state index in [0.29, 0.717) is 0 Å². The largest absolute Gasteiger partial charge is 0.477 e. The molecule has 0 radical (unpaired) electrons. The zero-order valence-electron chi connectivity index (χ0n) is 16.9. The van der Waals surface area contributed by atoms with Crippen molar-refractivity contribution in [2.75, 3.05) is 0 Å². The fourth-order valence-electron chi connectivity index (χ4n) is 4.57.